The molecule has 0 saturated carbocycles. The first-order valence-electron chi connectivity index (χ1n) is 9.07. The quantitative estimate of drug-likeness (QED) is 0.482. The molecule has 0 radical (unpaired) electrons. The molecule has 5 nitrogen and oxygen atoms in total. The lowest BCUT2D eigenvalue weighted by Gasteiger charge is -2.14. The molecule has 0 atom stereocenters. The molecule has 0 fully saturated rings. The Balaban J connectivity index is 1.45. The molecule has 1 heterocycles. The number of ether oxygens (including phenoxy) is 1. The largest absolute Gasteiger partial charge is 0.457 e. The van der Waals surface area contributed by atoms with Crippen LogP contribution in [0.2, 0.25) is 0 Å². The molecule has 142 valence electrons. The number of carbonyl (C=O) groups is 3. The third kappa shape index (κ3) is 3.84. The van der Waals surface area contributed by atoms with Crippen molar-refractivity contribution >= 4 is 23.3 Å². The van der Waals surface area contributed by atoms with Gasteiger partial charge in [-0.2, -0.15) is 0 Å². The van der Waals surface area contributed by atoms with Gasteiger partial charge in [0.1, 0.15) is 11.5 Å². The van der Waals surface area contributed by atoms with Crippen molar-refractivity contribution in [2.45, 2.75) is 6.92 Å². The Morgan fingerprint density at radius 3 is 1.66 bits per heavy atom. The number of nitrogens with zero attached hydrogens (tertiary/aromatic N) is 1. The van der Waals surface area contributed by atoms with E-state index in [0.29, 0.717) is 28.3 Å². The summed E-state index contributed by atoms with van der Waals surface area (Å²) in [6, 6.07) is 21.0. The number of benzene rings is 3. The van der Waals surface area contributed by atoms with Crippen LogP contribution >= 0.6 is 0 Å². The lowest BCUT2D eigenvalue weighted by Crippen LogP contribution is -2.29. The van der Waals surface area contributed by atoms with Crippen LogP contribution in [0.15, 0.2) is 84.9 Å². The van der Waals surface area contributed by atoms with E-state index in [0.717, 1.165) is 10.5 Å². The molecule has 3 aromatic carbocycles. The zero-order valence-corrected chi connectivity index (χ0v) is 15.7. The summed E-state index contributed by atoms with van der Waals surface area (Å²) in [5, 5.41) is 0. The van der Waals surface area contributed by atoms with Crippen molar-refractivity contribution < 1.29 is 19.1 Å². The first kappa shape index (κ1) is 18.4. The maximum absolute atomic E-state index is 12.5. The second-order valence-corrected chi connectivity index (χ2v) is 6.66. The van der Waals surface area contributed by atoms with Gasteiger partial charge >= 0.3 is 0 Å². The van der Waals surface area contributed by atoms with Crippen LogP contribution in [0, 0.1) is 6.92 Å². The zero-order valence-electron chi connectivity index (χ0n) is 15.7. The monoisotopic (exact) mass is 383 g/mol. The van der Waals surface area contributed by atoms with E-state index in [1.165, 1.54) is 12.2 Å². The topological polar surface area (TPSA) is 63.7 Å². The lowest BCUT2D eigenvalue weighted by molar-refractivity contribution is -0.119. The Morgan fingerprint density at radius 1 is 0.690 bits per heavy atom. The normalized spacial score (nSPS) is 13.1. The highest BCUT2D eigenvalue weighted by Crippen LogP contribution is 2.26. The highest BCUT2D eigenvalue weighted by atomic mass is 16.5. The molecule has 4 rings (SSSR count). The average molecular weight is 383 g/mol. The summed E-state index contributed by atoms with van der Waals surface area (Å²) in [7, 11) is 0. The maximum Gasteiger partial charge on any atom is 0.258 e. The van der Waals surface area contributed by atoms with Gasteiger partial charge in [0.2, 0.25) is 0 Å². The van der Waals surface area contributed by atoms with Crippen LogP contribution < -0.4 is 9.64 Å². The number of hydrogen-bond donors (Lipinski definition) is 0. The predicted molar refractivity (Wildman–Crippen MR) is 109 cm³/mol. The fourth-order valence-corrected chi connectivity index (χ4v) is 3.00. The van der Waals surface area contributed by atoms with E-state index in [1.54, 1.807) is 48.5 Å². The van der Waals surface area contributed by atoms with Crippen molar-refractivity contribution in [1.82, 2.24) is 0 Å². The van der Waals surface area contributed by atoms with Gasteiger partial charge in [0.25, 0.3) is 11.8 Å². The molecule has 1 aliphatic rings. The summed E-state index contributed by atoms with van der Waals surface area (Å²) in [5.74, 6) is 0.357. The van der Waals surface area contributed by atoms with Gasteiger partial charge in [-0.25, -0.2) is 4.90 Å². The first-order chi connectivity index (χ1) is 14.0. The number of aryl methyl sites for hydroxylation is 1. The molecule has 0 unspecified atom stereocenters. The molecular weight excluding hydrogens is 366 g/mol. The van der Waals surface area contributed by atoms with Gasteiger partial charge in [-0.15, -0.1) is 0 Å². The lowest BCUT2D eigenvalue weighted by atomic mass is 10.0. The van der Waals surface area contributed by atoms with Gasteiger partial charge < -0.3 is 4.74 Å². The standard InChI is InChI=1S/C24H17NO4/c1-16-2-4-17(5-3-16)24(28)18-6-10-20(11-7-18)29-21-12-8-19(9-13-21)25-22(26)14-15-23(25)27/h2-15H,1H3. The number of ketones is 1. The van der Waals surface area contributed by atoms with Gasteiger partial charge in [-0.1, -0.05) is 29.8 Å². The van der Waals surface area contributed by atoms with Crippen LogP contribution in [-0.2, 0) is 9.59 Å². The zero-order chi connectivity index (χ0) is 20.4. The van der Waals surface area contributed by atoms with Crippen LogP contribution in [0.3, 0.4) is 0 Å². The Bertz CT molecular complexity index is 1090. The molecule has 0 aromatic heterocycles. The maximum atomic E-state index is 12.5. The molecule has 0 spiro atoms. The molecule has 0 aliphatic carbocycles. The van der Waals surface area contributed by atoms with E-state index in [2.05, 4.69) is 0 Å². The number of anilines is 1. The first-order valence-corrected chi connectivity index (χ1v) is 9.07. The molecule has 5 heteroatoms. The van der Waals surface area contributed by atoms with Crippen molar-refractivity contribution in [3.8, 4) is 11.5 Å². The summed E-state index contributed by atoms with van der Waals surface area (Å²) >= 11 is 0. The molecule has 3 aromatic rings. The van der Waals surface area contributed by atoms with Crippen molar-refractivity contribution in [3.63, 3.8) is 0 Å². The van der Waals surface area contributed by atoms with Crippen molar-refractivity contribution in [1.29, 1.82) is 0 Å². The smallest absolute Gasteiger partial charge is 0.258 e. The van der Waals surface area contributed by atoms with E-state index < -0.39 is 0 Å². The van der Waals surface area contributed by atoms with E-state index in [-0.39, 0.29) is 17.6 Å². The molecule has 0 bridgehead atoms. The fraction of sp³-hybridized carbons (Fsp3) is 0.0417. The van der Waals surface area contributed by atoms with Gasteiger partial charge in [-0.3, -0.25) is 14.4 Å². The van der Waals surface area contributed by atoms with Crippen LogP contribution in [-0.4, -0.2) is 17.6 Å². The van der Waals surface area contributed by atoms with E-state index in [4.69, 9.17) is 4.74 Å². The summed E-state index contributed by atoms with van der Waals surface area (Å²) in [5.41, 5.74) is 2.80. The Kier molecular flexibility index (Phi) is 4.79. The van der Waals surface area contributed by atoms with Crippen LogP contribution in [0.25, 0.3) is 0 Å². The highest BCUT2D eigenvalue weighted by molar-refractivity contribution is 6.28. The number of imide groups is 1. The van der Waals surface area contributed by atoms with Crippen LogP contribution in [0.1, 0.15) is 21.5 Å². The third-order valence-electron chi connectivity index (χ3n) is 4.57. The molecule has 0 saturated heterocycles. The molecule has 0 N–H and O–H groups in total. The number of carbonyl (C=O) groups excluding carboxylic acids is 3. The second-order valence-electron chi connectivity index (χ2n) is 6.66. The summed E-state index contributed by atoms with van der Waals surface area (Å²) in [4.78, 5) is 37.1. The summed E-state index contributed by atoms with van der Waals surface area (Å²) in [6.45, 7) is 1.98. The Morgan fingerprint density at radius 2 is 1.14 bits per heavy atom. The van der Waals surface area contributed by atoms with Crippen molar-refractivity contribution in [2.24, 2.45) is 0 Å². The van der Waals surface area contributed by atoms with Crippen molar-refractivity contribution in [3.05, 3.63) is 102 Å². The predicted octanol–water partition coefficient (Wildman–Crippen LogP) is 4.45. The van der Waals surface area contributed by atoms with Gasteiger partial charge in [0, 0.05) is 23.3 Å². The summed E-state index contributed by atoms with van der Waals surface area (Å²) < 4.78 is 5.79. The van der Waals surface area contributed by atoms with E-state index in [9.17, 15) is 14.4 Å². The highest BCUT2D eigenvalue weighted by Gasteiger charge is 2.24. The number of amides is 2. The van der Waals surface area contributed by atoms with Crippen LogP contribution in [0.4, 0.5) is 5.69 Å². The SMILES string of the molecule is Cc1ccc(C(=O)c2ccc(Oc3ccc(N4C(=O)C=CC4=O)cc3)cc2)cc1. The van der Waals surface area contributed by atoms with E-state index in [1.807, 2.05) is 31.2 Å². The van der Waals surface area contributed by atoms with Gasteiger partial charge in [0.05, 0.1) is 5.69 Å². The average Bonchev–Trinajstić information content (AvgIpc) is 3.07. The van der Waals surface area contributed by atoms with Gasteiger partial charge in [-0.05, 0) is 55.5 Å². The molecule has 1 aliphatic heterocycles. The summed E-state index contributed by atoms with van der Waals surface area (Å²) in [6.07, 6.45) is 2.48. The molecular formula is C24H17NO4. The third-order valence-corrected chi connectivity index (χ3v) is 4.57. The Hall–Kier alpha value is -3.99. The minimum absolute atomic E-state index is 0.0468. The second kappa shape index (κ2) is 7.56. The fourth-order valence-electron chi connectivity index (χ4n) is 3.00. The number of rotatable bonds is 5. The van der Waals surface area contributed by atoms with E-state index >= 15 is 0 Å². The minimum Gasteiger partial charge on any atom is -0.457 e. The molecule has 29 heavy (non-hydrogen) atoms. The van der Waals surface area contributed by atoms with Crippen LogP contribution in [0.5, 0.6) is 11.5 Å². The number of hydrogen-bond acceptors (Lipinski definition) is 4. The Labute approximate surface area is 167 Å². The molecule has 2 amide bonds. The van der Waals surface area contributed by atoms with Gasteiger partial charge in [0.15, 0.2) is 5.78 Å². The minimum atomic E-state index is -0.363. The van der Waals surface area contributed by atoms with Crippen molar-refractivity contribution in [2.75, 3.05) is 4.90 Å².